The third-order valence-electron chi connectivity index (χ3n) is 4.92. The molecular formula is C22H23F3N2O2. The fourth-order valence-corrected chi connectivity index (χ4v) is 3.42. The van der Waals surface area contributed by atoms with Crippen molar-refractivity contribution >= 4 is 11.7 Å². The van der Waals surface area contributed by atoms with Gasteiger partial charge in [-0.2, -0.15) is 13.2 Å². The molecule has 0 radical (unpaired) electrons. The highest BCUT2D eigenvalue weighted by Gasteiger charge is 2.30. The summed E-state index contributed by atoms with van der Waals surface area (Å²) in [7, 11) is 0. The van der Waals surface area contributed by atoms with Crippen LogP contribution in [0, 0.1) is 0 Å². The smallest absolute Gasteiger partial charge is 0.299 e. The van der Waals surface area contributed by atoms with Gasteiger partial charge < -0.3 is 0 Å². The van der Waals surface area contributed by atoms with Crippen LogP contribution in [0.25, 0.3) is 0 Å². The second kappa shape index (κ2) is 9.22. The van der Waals surface area contributed by atoms with E-state index in [0.717, 1.165) is 24.1 Å². The van der Waals surface area contributed by atoms with Crippen molar-refractivity contribution in [3.63, 3.8) is 0 Å². The van der Waals surface area contributed by atoms with Crippen LogP contribution in [-0.2, 0) is 28.7 Å². The molecule has 0 spiro atoms. The number of Topliss-reactive ketones (excluding diaryl/α,β-unsaturated/α-hetero) is 1. The van der Waals surface area contributed by atoms with E-state index < -0.39 is 11.7 Å². The monoisotopic (exact) mass is 404 g/mol. The van der Waals surface area contributed by atoms with Gasteiger partial charge in [-0.05, 0) is 23.6 Å². The zero-order valence-electron chi connectivity index (χ0n) is 16.0. The van der Waals surface area contributed by atoms with Gasteiger partial charge in [0.1, 0.15) is 5.78 Å². The maximum atomic E-state index is 12.8. The summed E-state index contributed by atoms with van der Waals surface area (Å²) in [5.41, 5.74) is 0.599. The molecule has 154 valence electrons. The third-order valence-corrected chi connectivity index (χ3v) is 4.92. The Labute approximate surface area is 167 Å². The average Bonchev–Trinajstić information content (AvgIpc) is 2.69. The van der Waals surface area contributed by atoms with E-state index in [2.05, 4.69) is 0 Å². The minimum absolute atomic E-state index is 0.0189. The molecule has 1 aliphatic rings. The van der Waals surface area contributed by atoms with Gasteiger partial charge in [0.25, 0.3) is 0 Å². The van der Waals surface area contributed by atoms with Crippen molar-refractivity contribution in [2.24, 2.45) is 0 Å². The molecule has 1 amide bonds. The van der Waals surface area contributed by atoms with Crippen LogP contribution in [0.3, 0.4) is 0 Å². The second-order valence-electron chi connectivity index (χ2n) is 7.16. The van der Waals surface area contributed by atoms with Crippen LogP contribution in [0.5, 0.6) is 0 Å². The summed E-state index contributed by atoms with van der Waals surface area (Å²) in [5, 5.41) is 3.55. The lowest BCUT2D eigenvalue weighted by Gasteiger charge is -2.38. The van der Waals surface area contributed by atoms with Crippen LogP contribution >= 0.6 is 0 Å². The van der Waals surface area contributed by atoms with Crippen molar-refractivity contribution in [2.75, 3.05) is 13.1 Å². The molecule has 29 heavy (non-hydrogen) atoms. The van der Waals surface area contributed by atoms with Crippen molar-refractivity contribution < 1.29 is 22.8 Å². The topological polar surface area (TPSA) is 40.6 Å². The van der Waals surface area contributed by atoms with Gasteiger partial charge in [-0.3, -0.25) is 14.6 Å². The van der Waals surface area contributed by atoms with Crippen LogP contribution in [0.2, 0.25) is 0 Å². The molecule has 0 saturated carbocycles. The van der Waals surface area contributed by atoms with Crippen molar-refractivity contribution in [1.29, 1.82) is 0 Å². The highest BCUT2D eigenvalue weighted by atomic mass is 19.4. The first-order chi connectivity index (χ1) is 13.8. The minimum atomic E-state index is -4.43. The van der Waals surface area contributed by atoms with Gasteiger partial charge in [-0.1, -0.05) is 48.5 Å². The molecule has 0 unspecified atom stereocenters. The van der Waals surface area contributed by atoms with E-state index in [1.165, 1.54) is 12.1 Å². The predicted molar refractivity (Wildman–Crippen MR) is 103 cm³/mol. The highest BCUT2D eigenvalue weighted by Crippen LogP contribution is 2.29. The first-order valence-corrected chi connectivity index (χ1v) is 9.60. The molecule has 0 aliphatic carbocycles. The normalized spacial score (nSPS) is 15.6. The molecule has 2 aromatic rings. The number of ketones is 1. The first-order valence-electron chi connectivity index (χ1n) is 9.60. The van der Waals surface area contributed by atoms with Crippen molar-refractivity contribution in [3.05, 3.63) is 71.3 Å². The summed E-state index contributed by atoms with van der Waals surface area (Å²) in [6.07, 6.45) is -3.10. The standard InChI is InChI=1S/C22H23F3N2O2/c23-22(24,25)19-9-4-8-18(14-19)15-20(28)11-13-26-12-5-10-21(29)27(26)16-17-6-2-1-3-7-17/h1-4,6-9,14H,5,10-13,15-16H2. The first kappa shape index (κ1) is 21.0. The molecule has 1 saturated heterocycles. The van der Waals surface area contributed by atoms with E-state index in [1.807, 2.05) is 35.3 Å². The molecule has 1 fully saturated rings. The SMILES string of the molecule is O=C(CCN1CCCC(=O)N1Cc1ccccc1)Cc1cccc(C(F)(F)F)c1. The highest BCUT2D eigenvalue weighted by molar-refractivity contribution is 5.81. The fraction of sp³-hybridized carbons (Fsp3) is 0.364. The Morgan fingerprint density at radius 3 is 2.45 bits per heavy atom. The number of rotatable bonds is 7. The molecule has 0 atom stereocenters. The summed E-state index contributed by atoms with van der Waals surface area (Å²) in [6.45, 7) is 1.49. The molecule has 1 heterocycles. The number of nitrogens with zero attached hydrogens (tertiary/aromatic N) is 2. The number of hydrogen-bond donors (Lipinski definition) is 0. The van der Waals surface area contributed by atoms with E-state index in [-0.39, 0.29) is 24.5 Å². The van der Waals surface area contributed by atoms with Crippen molar-refractivity contribution in [1.82, 2.24) is 10.0 Å². The molecular weight excluding hydrogens is 381 g/mol. The molecule has 0 bridgehead atoms. The average molecular weight is 404 g/mol. The van der Waals surface area contributed by atoms with Gasteiger partial charge in [0.15, 0.2) is 0 Å². The maximum Gasteiger partial charge on any atom is 0.416 e. The minimum Gasteiger partial charge on any atom is -0.299 e. The Balaban J connectivity index is 1.58. The van der Waals surface area contributed by atoms with Crippen molar-refractivity contribution in [2.45, 2.75) is 38.4 Å². The van der Waals surface area contributed by atoms with Crippen LogP contribution in [0.1, 0.15) is 36.0 Å². The van der Waals surface area contributed by atoms with E-state index >= 15 is 0 Å². The van der Waals surface area contributed by atoms with Gasteiger partial charge in [0.2, 0.25) is 5.91 Å². The Hall–Kier alpha value is -2.67. The zero-order valence-corrected chi connectivity index (χ0v) is 16.0. The predicted octanol–water partition coefficient (Wildman–Crippen LogP) is 4.25. The molecule has 0 aromatic heterocycles. The number of alkyl halides is 3. The molecule has 3 rings (SSSR count). The molecule has 1 aliphatic heterocycles. The van der Waals surface area contributed by atoms with Crippen molar-refractivity contribution in [3.8, 4) is 0 Å². The summed E-state index contributed by atoms with van der Waals surface area (Å²) >= 11 is 0. The number of halogens is 3. The number of benzene rings is 2. The van der Waals surface area contributed by atoms with Gasteiger partial charge in [-0.25, -0.2) is 5.01 Å². The number of amides is 1. The van der Waals surface area contributed by atoms with Crippen LogP contribution in [0.15, 0.2) is 54.6 Å². The Bertz CT molecular complexity index is 853. The van der Waals surface area contributed by atoms with E-state index in [0.29, 0.717) is 31.6 Å². The Morgan fingerprint density at radius 2 is 1.72 bits per heavy atom. The maximum absolute atomic E-state index is 12.8. The van der Waals surface area contributed by atoms with Gasteiger partial charge in [0.05, 0.1) is 12.1 Å². The number of carbonyl (C=O) groups is 2. The summed E-state index contributed by atoms with van der Waals surface area (Å²) in [6, 6.07) is 14.5. The lowest BCUT2D eigenvalue weighted by molar-refractivity contribution is -0.158. The lowest BCUT2D eigenvalue weighted by Crippen LogP contribution is -2.50. The zero-order chi connectivity index (χ0) is 20.9. The summed E-state index contributed by atoms with van der Waals surface area (Å²) in [4.78, 5) is 24.7. The Morgan fingerprint density at radius 1 is 1.00 bits per heavy atom. The molecule has 7 heteroatoms. The number of hydrazine groups is 1. The summed E-state index contributed by atoms with van der Waals surface area (Å²) in [5.74, 6) is -0.132. The van der Waals surface area contributed by atoms with Gasteiger partial charge >= 0.3 is 6.18 Å². The van der Waals surface area contributed by atoms with E-state index in [9.17, 15) is 22.8 Å². The molecule has 4 nitrogen and oxygen atoms in total. The largest absolute Gasteiger partial charge is 0.416 e. The van der Waals surface area contributed by atoms with E-state index in [4.69, 9.17) is 0 Å². The second-order valence-corrected chi connectivity index (χ2v) is 7.16. The van der Waals surface area contributed by atoms with Gasteiger partial charge in [0, 0.05) is 32.4 Å². The molecule has 0 N–H and O–H groups in total. The quantitative estimate of drug-likeness (QED) is 0.693. The van der Waals surface area contributed by atoms with Crippen LogP contribution < -0.4 is 0 Å². The van der Waals surface area contributed by atoms with Crippen LogP contribution in [0.4, 0.5) is 13.2 Å². The van der Waals surface area contributed by atoms with Crippen LogP contribution in [-0.4, -0.2) is 34.8 Å². The number of hydrogen-bond acceptors (Lipinski definition) is 3. The van der Waals surface area contributed by atoms with Gasteiger partial charge in [-0.15, -0.1) is 0 Å². The lowest BCUT2D eigenvalue weighted by atomic mass is 10.0. The molecule has 2 aromatic carbocycles. The van der Waals surface area contributed by atoms with E-state index in [1.54, 1.807) is 5.01 Å². The fourth-order valence-electron chi connectivity index (χ4n) is 3.42. The Kier molecular flexibility index (Phi) is 6.69. The third kappa shape index (κ3) is 5.90. The summed E-state index contributed by atoms with van der Waals surface area (Å²) < 4.78 is 38.5. The number of carbonyl (C=O) groups excluding carboxylic acids is 2.